The minimum Gasteiger partial charge on any atom is -0.481 e. The Labute approximate surface area is 114 Å². The largest absolute Gasteiger partial charge is 0.481 e. The molecule has 1 aliphatic heterocycles. The van der Waals surface area contributed by atoms with Gasteiger partial charge in [-0.3, -0.25) is 4.79 Å². The molecule has 0 aromatic rings. The zero-order valence-corrected chi connectivity index (χ0v) is 11.8. The molecule has 1 fully saturated rings. The van der Waals surface area contributed by atoms with E-state index in [0.29, 0.717) is 32.7 Å². The van der Waals surface area contributed by atoms with Crippen LogP contribution < -0.4 is 5.32 Å². The highest BCUT2D eigenvalue weighted by Crippen LogP contribution is 2.16. The number of hydrogen-bond donors (Lipinski definition) is 2. The van der Waals surface area contributed by atoms with E-state index in [4.69, 9.17) is 9.84 Å². The fourth-order valence-corrected chi connectivity index (χ4v) is 2.07. The minimum atomic E-state index is -0.764. The number of carboxylic acids is 1. The third kappa shape index (κ3) is 6.42. The molecule has 0 saturated carbocycles. The molecule has 0 unspecified atom stereocenters. The summed E-state index contributed by atoms with van der Waals surface area (Å²) in [6.45, 7) is 6.32. The molecule has 6 nitrogen and oxygen atoms in total. The molecular formula is C13H24N2O4. The molecule has 0 aromatic carbocycles. The van der Waals surface area contributed by atoms with Crippen LogP contribution in [-0.4, -0.2) is 53.8 Å². The van der Waals surface area contributed by atoms with Crippen molar-refractivity contribution < 1.29 is 19.4 Å². The fraction of sp³-hybridized carbons (Fsp3) is 0.846. The zero-order chi connectivity index (χ0) is 14.3. The van der Waals surface area contributed by atoms with Crippen LogP contribution in [0.2, 0.25) is 0 Å². The molecule has 0 atom stereocenters. The Bertz CT molecular complexity index is 318. The number of urea groups is 1. The van der Waals surface area contributed by atoms with Crippen molar-refractivity contribution in [3.63, 3.8) is 0 Å². The average Bonchev–Trinajstić information content (AvgIpc) is 2.31. The second kappa shape index (κ2) is 7.33. The van der Waals surface area contributed by atoms with Crippen LogP contribution in [0.15, 0.2) is 0 Å². The van der Waals surface area contributed by atoms with Crippen LogP contribution in [0, 0.1) is 0 Å². The highest BCUT2D eigenvalue weighted by Gasteiger charge is 2.29. The van der Waals surface area contributed by atoms with Gasteiger partial charge < -0.3 is 20.1 Å². The molecule has 0 aliphatic carbocycles. The maximum atomic E-state index is 11.9. The maximum absolute atomic E-state index is 11.9. The van der Waals surface area contributed by atoms with Crippen molar-refractivity contribution in [3.05, 3.63) is 0 Å². The molecule has 0 radical (unpaired) electrons. The Balaban J connectivity index is 2.12. The van der Waals surface area contributed by atoms with Gasteiger partial charge in [0.2, 0.25) is 0 Å². The Morgan fingerprint density at radius 1 is 1.32 bits per heavy atom. The summed E-state index contributed by atoms with van der Waals surface area (Å²) in [5.74, 6) is -0.764. The van der Waals surface area contributed by atoms with Crippen LogP contribution in [0.4, 0.5) is 4.79 Å². The lowest BCUT2D eigenvalue weighted by Gasteiger charge is -2.38. The van der Waals surface area contributed by atoms with E-state index in [0.717, 1.165) is 12.8 Å². The number of hydrogen-bond acceptors (Lipinski definition) is 3. The molecule has 1 aliphatic rings. The molecule has 2 amide bonds. The van der Waals surface area contributed by atoms with E-state index >= 15 is 0 Å². The van der Waals surface area contributed by atoms with Crippen molar-refractivity contribution >= 4 is 12.0 Å². The van der Waals surface area contributed by atoms with Crippen LogP contribution in [0.5, 0.6) is 0 Å². The van der Waals surface area contributed by atoms with Gasteiger partial charge in [-0.15, -0.1) is 0 Å². The van der Waals surface area contributed by atoms with Crippen LogP contribution in [0.1, 0.15) is 39.5 Å². The summed E-state index contributed by atoms with van der Waals surface area (Å²) >= 11 is 0. The van der Waals surface area contributed by atoms with Crippen molar-refractivity contribution in [2.75, 3.05) is 26.2 Å². The lowest BCUT2D eigenvalue weighted by atomic mass is 10.1. The maximum Gasteiger partial charge on any atom is 0.317 e. The Morgan fingerprint density at radius 3 is 2.68 bits per heavy atom. The Kier molecular flexibility index (Phi) is 6.08. The van der Waals surface area contributed by atoms with Gasteiger partial charge in [0.05, 0.1) is 18.8 Å². The van der Waals surface area contributed by atoms with Crippen LogP contribution in [-0.2, 0) is 9.53 Å². The van der Waals surface area contributed by atoms with Gasteiger partial charge in [-0.2, -0.15) is 0 Å². The SMILES string of the molecule is CC1(C)CN(C(=O)NCCCCCC(=O)O)CCO1. The number of nitrogens with zero attached hydrogens (tertiary/aromatic N) is 1. The predicted octanol–water partition coefficient (Wildman–Crippen LogP) is 1.45. The number of carboxylic acid groups (broad SMARTS) is 1. The van der Waals surface area contributed by atoms with E-state index < -0.39 is 5.97 Å². The van der Waals surface area contributed by atoms with Gasteiger partial charge in [0.15, 0.2) is 0 Å². The van der Waals surface area contributed by atoms with Crippen LogP contribution >= 0.6 is 0 Å². The van der Waals surface area contributed by atoms with Gasteiger partial charge in [-0.05, 0) is 26.7 Å². The topological polar surface area (TPSA) is 78.9 Å². The summed E-state index contributed by atoms with van der Waals surface area (Å²) in [7, 11) is 0. The molecule has 110 valence electrons. The number of ether oxygens (including phenoxy) is 1. The van der Waals surface area contributed by atoms with Crippen molar-refractivity contribution in [1.29, 1.82) is 0 Å². The highest BCUT2D eigenvalue weighted by atomic mass is 16.5. The lowest BCUT2D eigenvalue weighted by Crippen LogP contribution is -2.53. The highest BCUT2D eigenvalue weighted by molar-refractivity contribution is 5.74. The lowest BCUT2D eigenvalue weighted by molar-refractivity contribution is -0.137. The van der Waals surface area contributed by atoms with Crippen molar-refractivity contribution in [2.45, 2.75) is 45.1 Å². The van der Waals surface area contributed by atoms with Crippen molar-refractivity contribution in [1.82, 2.24) is 10.2 Å². The molecule has 0 bridgehead atoms. The molecule has 2 N–H and O–H groups in total. The van der Waals surface area contributed by atoms with Gasteiger partial charge in [0, 0.05) is 19.5 Å². The molecule has 1 saturated heterocycles. The van der Waals surface area contributed by atoms with Crippen molar-refractivity contribution in [2.24, 2.45) is 0 Å². The molecule has 0 spiro atoms. The standard InChI is InChI=1S/C13H24N2O4/c1-13(2)10-15(8-9-19-13)12(18)14-7-5-3-4-6-11(16)17/h3-10H2,1-2H3,(H,14,18)(H,16,17). The Hall–Kier alpha value is -1.30. The predicted molar refractivity (Wildman–Crippen MR) is 71.1 cm³/mol. The van der Waals surface area contributed by atoms with E-state index in [1.165, 1.54) is 0 Å². The van der Waals surface area contributed by atoms with Crippen LogP contribution in [0.25, 0.3) is 0 Å². The van der Waals surface area contributed by atoms with Gasteiger partial charge in [-0.25, -0.2) is 4.79 Å². The number of morpholine rings is 1. The summed E-state index contributed by atoms with van der Waals surface area (Å²) in [6.07, 6.45) is 2.50. The normalized spacial score (nSPS) is 18.1. The molecule has 0 aromatic heterocycles. The number of carbonyl (C=O) groups is 2. The summed E-state index contributed by atoms with van der Waals surface area (Å²) in [4.78, 5) is 24.0. The second-order valence-corrected chi connectivity index (χ2v) is 5.47. The summed E-state index contributed by atoms with van der Waals surface area (Å²) in [6, 6.07) is -0.0605. The third-order valence-corrected chi connectivity index (χ3v) is 3.06. The summed E-state index contributed by atoms with van der Waals surface area (Å²) in [5.41, 5.74) is -0.281. The van der Waals surface area contributed by atoms with Gasteiger partial charge in [0.1, 0.15) is 0 Å². The first kappa shape index (κ1) is 15.8. The number of amides is 2. The van der Waals surface area contributed by atoms with Crippen molar-refractivity contribution in [3.8, 4) is 0 Å². The third-order valence-electron chi connectivity index (χ3n) is 3.06. The molecular weight excluding hydrogens is 248 g/mol. The molecule has 1 rings (SSSR count). The number of carbonyl (C=O) groups excluding carboxylic acids is 1. The van der Waals surface area contributed by atoms with Gasteiger partial charge in [0.25, 0.3) is 0 Å². The first-order chi connectivity index (χ1) is 8.91. The Morgan fingerprint density at radius 2 is 2.05 bits per heavy atom. The minimum absolute atomic E-state index is 0.0605. The zero-order valence-electron chi connectivity index (χ0n) is 11.8. The first-order valence-corrected chi connectivity index (χ1v) is 6.79. The quantitative estimate of drug-likeness (QED) is 0.717. The van der Waals surface area contributed by atoms with E-state index in [-0.39, 0.29) is 18.1 Å². The number of rotatable bonds is 6. The summed E-state index contributed by atoms with van der Waals surface area (Å²) in [5, 5.41) is 11.4. The van der Waals surface area contributed by atoms with E-state index in [9.17, 15) is 9.59 Å². The summed E-state index contributed by atoms with van der Waals surface area (Å²) < 4.78 is 5.55. The number of nitrogens with one attached hydrogen (secondary N) is 1. The van der Waals surface area contributed by atoms with E-state index in [1.54, 1.807) is 4.90 Å². The number of aliphatic carboxylic acids is 1. The van der Waals surface area contributed by atoms with Gasteiger partial charge in [-0.1, -0.05) is 6.42 Å². The van der Waals surface area contributed by atoms with Gasteiger partial charge >= 0.3 is 12.0 Å². The molecule has 6 heteroatoms. The fourth-order valence-electron chi connectivity index (χ4n) is 2.07. The number of unbranched alkanes of at least 4 members (excludes halogenated alkanes) is 2. The van der Waals surface area contributed by atoms with E-state index in [2.05, 4.69) is 5.32 Å². The average molecular weight is 272 g/mol. The molecule has 19 heavy (non-hydrogen) atoms. The first-order valence-electron chi connectivity index (χ1n) is 6.79. The van der Waals surface area contributed by atoms with E-state index in [1.807, 2.05) is 13.8 Å². The molecule has 1 heterocycles. The smallest absolute Gasteiger partial charge is 0.317 e. The van der Waals surface area contributed by atoms with Crippen LogP contribution in [0.3, 0.4) is 0 Å². The monoisotopic (exact) mass is 272 g/mol. The second-order valence-electron chi connectivity index (χ2n) is 5.47.